The van der Waals surface area contributed by atoms with Crippen LogP contribution in [0.3, 0.4) is 0 Å². The summed E-state index contributed by atoms with van der Waals surface area (Å²) < 4.78 is 22.1. The van der Waals surface area contributed by atoms with E-state index in [0.717, 1.165) is 39.7 Å². The molecule has 3 heterocycles. The zero-order chi connectivity index (χ0) is 39.5. The van der Waals surface area contributed by atoms with Crippen molar-refractivity contribution < 1.29 is 27.6 Å². The Labute approximate surface area is 330 Å². The third-order valence-corrected chi connectivity index (χ3v) is 13.0. The molecule has 0 bridgehead atoms. The lowest BCUT2D eigenvalue weighted by Gasteiger charge is -2.38. The fraction of sp³-hybridized carbons (Fsp3) is 0.708. The number of hydrogen-bond donors (Lipinski definition) is 0. The molecular weight excluding hydrogens is 665 g/mol. The summed E-state index contributed by atoms with van der Waals surface area (Å²) in [6.45, 7) is 21.0. The fourth-order valence-electron chi connectivity index (χ4n) is 9.91. The predicted molar refractivity (Wildman–Crippen MR) is 226 cm³/mol. The average molecular weight is 743 g/mol. The van der Waals surface area contributed by atoms with Crippen molar-refractivity contribution in [2.45, 2.75) is 167 Å². The molecule has 1 saturated heterocycles. The third-order valence-electron chi connectivity index (χ3n) is 13.0. The van der Waals surface area contributed by atoms with Gasteiger partial charge < -0.3 is 18.4 Å². The van der Waals surface area contributed by atoms with Crippen LogP contribution in [0.5, 0.6) is 11.5 Å². The van der Waals surface area contributed by atoms with Gasteiger partial charge in [0.05, 0.1) is 66.5 Å². The van der Waals surface area contributed by atoms with Gasteiger partial charge in [-0.25, -0.2) is 0 Å². The Morgan fingerprint density at radius 1 is 0.648 bits per heavy atom. The van der Waals surface area contributed by atoms with Gasteiger partial charge in [-0.1, -0.05) is 89.5 Å². The highest BCUT2D eigenvalue weighted by Crippen LogP contribution is 2.50. The van der Waals surface area contributed by atoms with Gasteiger partial charge in [-0.3, -0.25) is 0 Å². The molecule has 3 atom stereocenters. The van der Waals surface area contributed by atoms with Crippen molar-refractivity contribution in [3.8, 4) is 11.5 Å². The van der Waals surface area contributed by atoms with Crippen molar-refractivity contribution in [1.82, 2.24) is 0 Å². The molecule has 0 radical (unpaired) electrons. The minimum atomic E-state index is -1.02. The highest BCUT2D eigenvalue weighted by molar-refractivity contribution is 5.85. The van der Waals surface area contributed by atoms with Gasteiger partial charge in [0.15, 0.2) is 23.9 Å². The zero-order valence-corrected chi connectivity index (χ0v) is 37.1. The van der Waals surface area contributed by atoms with Gasteiger partial charge in [0, 0.05) is 18.4 Å². The lowest BCUT2D eigenvalue weighted by atomic mass is 9.69. The summed E-state index contributed by atoms with van der Waals surface area (Å²) in [5, 5.41) is 0. The number of hydrogen-bond acceptors (Lipinski definition) is 2. The van der Waals surface area contributed by atoms with Gasteiger partial charge in [-0.05, 0) is 96.4 Å². The van der Waals surface area contributed by atoms with Crippen LogP contribution in [0.1, 0.15) is 159 Å². The third kappa shape index (κ3) is 8.08. The molecule has 1 saturated carbocycles. The smallest absolute Gasteiger partial charge is 0.340 e. The van der Waals surface area contributed by atoms with Gasteiger partial charge in [0.1, 0.15) is 0 Å². The van der Waals surface area contributed by atoms with Gasteiger partial charge in [0.2, 0.25) is 12.1 Å². The fourth-order valence-corrected chi connectivity index (χ4v) is 9.91. The van der Waals surface area contributed by atoms with Crippen LogP contribution in [-0.4, -0.2) is 104 Å². The number of ether oxygens (including phenoxy) is 2. The number of unbranched alkanes of at least 4 members (excludes halogenated alkanes) is 1. The number of quaternary nitrogens is 2. The minimum Gasteiger partial charge on any atom is -0.340 e. The second-order valence-electron chi connectivity index (χ2n) is 21.7. The topological polar surface area (TPSA) is 24.5 Å². The number of nitrogens with zero attached hydrogens (tertiary/aromatic N) is 4. The highest BCUT2D eigenvalue weighted by atomic mass is 16.7. The summed E-state index contributed by atoms with van der Waals surface area (Å²) in [5.74, 6) is 2.00. The lowest BCUT2D eigenvalue weighted by molar-refractivity contribution is -0.870. The van der Waals surface area contributed by atoms with E-state index >= 15 is 0 Å². The molecule has 2 fully saturated rings. The first-order valence-electron chi connectivity index (χ1n) is 21.7. The van der Waals surface area contributed by atoms with Crippen molar-refractivity contribution in [1.29, 1.82) is 0 Å². The molecule has 4 aliphatic rings. The molecule has 2 aromatic carbocycles. The van der Waals surface area contributed by atoms with Crippen molar-refractivity contribution in [3.63, 3.8) is 0 Å². The van der Waals surface area contributed by atoms with Crippen molar-refractivity contribution in [2.75, 3.05) is 55.4 Å². The minimum absolute atomic E-state index is 0.0360. The molecule has 2 aromatic rings. The lowest BCUT2D eigenvalue weighted by Crippen LogP contribution is -2.60. The molecular formula is C48H78N4O2+4. The Balaban J connectivity index is 1.51. The van der Waals surface area contributed by atoms with Crippen LogP contribution in [0.15, 0.2) is 24.3 Å². The monoisotopic (exact) mass is 743 g/mol. The molecule has 1 aliphatic carbocycles. The van der Waals surface area contributed by atoms with Gasteiger partial charge in [0.25, 0.3) is 0 Å². The van der Waals surface area contributed by atoms with Crippen LogP contribution in [0.4, 0.5) is 0 Å². The predicted octanol–water partition coefficient (Wildman–Crippen LogP) is 9.53. The van der Waals surface area contributed by atoms with E-state index in [4.69, 9.17) is 9.47 Å². The van der Waals surface area contributed by atoms with E-state index in [1.807, 2.05) is 0 Å². The van der Waals surface area contributed by atoms with E-state index in [1.54, 1.807) is 0 Å². The standard InChI is InChI=1S/C48H78N4O2/c1-15-17-24-47(25-20-27-51(9,10)11,26-21-28-52(12,13)14)39-29-35(16-2)43-36(31-39)33-49-41-22-18-19-23-42(41)50-34-37-30-38(45(3,4)5)32-40(46(6,7)8)44(37)54-48(49,50)53-43/h29-34,41-42H,15-28H2,1-14H3/q+4. The molecule has 0 N–H and O–H groups in total. The Morgan fingerprint density at radius 2 is 1.15 bits per heavy atom. The summed E-state index contributed by atoms with van der Waals surface area (Å²) in [6, 6.07) is 9.57. The Bertz CT molecular complexity index is 1740. The summed E-state index contributed by atoms with van der Waals surface area (Å²) in [7, 11) is 14.1. The van der Waals surface area contributed by atoms with Crippen LogP contribution in [0.25, 0.3) is 0 Å². The second kappa shape index (κ2) is 14.7. The van der Waals surface area contributed by atoms with Gasteiger partial charge in [-0.15, -0.1) is 0 Å². The first-order valence-corrected chi connectivity index (χ1v) is 21.7. The summed E-state index contributed by atoms with van der Waals surface area (Å²) in [5.41, 5.74) is 7.99. The van der Waals surface area contributed by atoms with Crippen molar-refractivity contribution in [3.05, 3.63) is 57.6 Å². The number of benzene rings is 2. The van der Waals surface area contributed by atoms with E-state index < -0.39 is 6.03 Å². The van der Waals surface area contributed by atoms with E-state index in [9.17, 15) is 0 Å². The van der Waals surface area contributed by atoms with Crippen LogP contribution in [-0.2, 0) is 22.7 Å². The Hall–Kier alpha value is -2.70. The number of aryl methyl sites for hydroxylation is 1. The maximum Gasteiger partial charge on any atom is 0.704 e. The number of fused-ring (bicyclic) bond motifs is 5. The van der Waals surface area contributed by atoms with Crippen LogP contribution >= 0.6 is 0 Å². The Kier molecular flexibility index (Phi) is 11.1. The van der Waals surface area contributed by atoms with Crippen LogP contribution < -0.4 is 9.47 Å². The maximum atomic E-state index is 7.55. The molecule has 6 heteroatoms. The quantitative estimate of drug-likeness (QED) is 0.151. The molecule has 6 rings (SSSR count). The number of rotatable bonds is 13. The normalized spacial score (nSPS) is 22.6. The van der Waals surface area contributed by atoms with Crippen LogP contribution in [0, 0.1) is 0 Å². The molecule has 298 valence electrons. The van der Waals surface area contributed by atoms with E-state index in [-0.39, 0.29) is 16.2 Å². The summed E-state index contributed by atoms with van der Waals surface area (Å²) in [4.78, 5) is 0. The second-order valence-corrected chi connectivity index (χ2v) is 21.7. The first-order chi connectivity index (χ1) is 25.1. The Morgan fingerprint density at radius 3 is 1.63 bits per heavy atom. The molecule has 1 spiro atoms. The SMILES string of the molecule is CCCCC(CCC[N+](C)(C)C)(CCC[N+](C)(C)C)c1cc2c(c(CC)c1)OC13Oc4c(cc(C(C)(C)C)cc4C(C)(C)C)C=[N+]1C1CCCCC1[N+]3=C2. The first kappa shape index (κ1) is 40.9. The molecule has 54 heavy (non-hydrogen) atoms. The maximum absolute atomic E-state index is 7.55. The average Bonchev–Trinajstić information content (AvgIpc) is 3.34. The summed E-state index contributed by atoms with van der Waals surface area (Å²) >= 11 is 0. The van der Waals surface area contributed by atoms with Crippen molar-refractivity contribution in [2.24, 2.45) is 0 Å². The molecule has 3 aliphatic heterocycles. The highest BCUT2D eigenvalue weighted by Gasteiger charge is 2.76. The van der Waals surface area contributed by atoms with E-state index in [1.165, 1.54) is 104 Å². The van der Waals surface area contributed by atoms with Gasteiger partial charge >= 0.3 is 6.03 Å². The molecule has 6 nitrogen and oxygen atoms in total. The summed E-state index contributed by atoms with van der Waals surface area (Å²) in [6.07, 6.45) is 19.3. The largest absolute Gasteiger partial charge is 0.704 e. The van der Waals surface area contributed by atoms with E-state index in [0.29, 0.717) is 12.1 Å². The molecule has 0 amide bonds. The van der Waals surface area contributed by atoms with Gasteiger partial charge in [-0.2, -0.15) is 0 Å². The van der Waals surface area contributed by atoms with Crippen molar-refractivity contribution >= 4 is 12.4 Å². The molecule has 3 unspecified atom stereocenters. The molecule has 0 aromatic heterocycles. The van der Waals surface area contributed by atoms with Crippen LogP contribution in [0.2, 0.25) is 0 Å². The van der Waals surface area contributed by atoms with E-state index in [2.05, 4.69) is 144 Å². The zero-order valence-electron chi connectivity index (χ0n) is 37.1.